The summed E-state index contributed by atoms with van der Waals surface area (Å²) in [6.07, 6.45) is 2.04. The molecule has 2 aromatic carbocycles. The van der Waals surface area contributed by atoms with E-state index in [0.717, 1.165) is 34.8 Å². The van der Waals surface area contributed by atoms with Gasteiger partial charge in [-0.1, -0.05) is 12.1 Å². The molecule has 0 bridgehead atoms. The second kappa shape index (κ2) is 7.90. The minimum atomic E-state index is -0.139. The second-order valence-electron chi connectivity index (χ2n) is 7.34. The van der Waals surface area contributed by atoms with E-state index in [1.165, 1.54) is 0 Å². The molecule has 1 saturated carbocycles. The molecule has 1 unspecified atom stereocenters. The number of benzene rings is 2. The standard InChI is InChI=1S/C21H23N3O4/c1-24(11-14-6-9-18-19(10-14)28-13-27-18)12-20(25)23-17-5-3-2-4-16(17)21(26)22-15-7-8-15/h2-6,9-10,15H,7-8,11-13H2,1H3,(H,22,26)(H,23,25)/p+1. The minimum absolute atomic E-state index is 0.134. The number of quaternary nitrogens is 1. The molecule has 0 saturated heterocycles. The topological polar surface area (TPSA) is 81.1 Å². The normalized spacial score (nSPS) is 15.8. The fourth-order valence-electron chi connectivity index (χ4n) is 3.21. The van der Waals surface area contributed by atoms with Crippen LogP contribution in [0.2, 0.25) is 0 Å². The largest absolute Gasteiger partial charge is 0.454 e. The summed E-state index contributed by atoms with van der Waals surface area (Å²) < 4.78 is 10.7. The van der Waals surface area contributed by atoms with Gasteiger partial charge in [0, 0.05) is 11.6 Å². The SMILES string of the molecule is C[NH+](CC(=O)Nc1ccccc1C(=O)NC1CC1)Cc1ccc2c(c1)OCO2. The number of likely N-dealkylation sites (N-methyl/N-ethyl adjacent to an activating group) is 1. The number of ether oxygens (including phenoxy) is 2. The average Bonchev–Trinajstić information content (AvgIpc) is 3.35. The van der Waals surface area contributed by atoms with Gasteiger partial charge in [-0.3, -0.25) is 9.59 Å². The highest BCUT2D eigenvalue weighted by atomic mass is 16.7. The Morgan fingerprint density at radius 3 is 2.71 bits per heavy atom. The van der Waals surface area contributed by atoms with E-state index in [-0.39, 0.29) is 31.2 Å². The quantitative estimate of drug-likeness (QED) is 0.666. The molecule has 7 heteroatoms. The molecule has 7 nitrogen and oxygen atoms in total. The third-order valence-corrected chi connectivity index (χ3v) is 4.76. The molecule has 0 radical (unpaired) electrons. The molecule has 28 heavy (non-hydrogen) atoms. The van der Waals surface area contributed by atoms with Gasteiger partial charge in [-0.25, -0.2) is 0 Å². The predicted molar refractivity (Wildman–Crippen MR) is 104 cm³/mol. The van der Waals surface area contributed by atoms with Crippen LogP contribution in [0.5, 0.6) is 11.5 Å². The van der Waals surface area contributed by atoms with Crippen molar-refractivity contribution in [3.8, 4) is 11.5 Å². The average molecular weight is 382 g/mol. The van der Waals surface area contributed by atoms with Crippen LogP contribution < -0.4 is 25.0 Å². The Bertz CT molecular complexity index is 895. The van der Waals surface area contributed by atoms with E-state index < -0.39 is 0 Å². The second-order valence-corrected chi connectivity index (χ2v) is 7.34. The van der Waals surface area contributed by atoms with Gasteiger partial charge in [0.25, 0.3) is 11.8 Å². The molecule has 1 atom stereocenters. The summed E-state index contributed by atoms with van der Waals surface area (Å²) in [6.45, 7) is 1.21. The smallest absolute Gasteiger partial charge is 0.279 e. The van der Waals surface area contributed by atoms with Crippen LogP contribution in [-0.4, -0.2) is 38.2 Å². The summed E-state index contributed by atoms with van der Waals surface area (Å²) in [6, 6.07) is 13.2. The molecular formula is C21H24N3O4+. The lowest BCUT2D eigenvalue weighted by atomic mass is 10.1. The van der Waals surface area contributed by atoms with Crippen molar-refractivity contribution in [1.82, 2.24) is 5.32 Å². The van der Waals surface area contributed by atoms with E-state index in [0.29, 0.717) is 17.8 Å². The summed E-state index contributed by atoms with van der Waals surface area (Å²) in [7, 11) is 1.95. The fraction of sp³-hybridized carbons (Fsp3) is 0.333. The van der Waals surface area contributed by atoms with Gasteiger partial charge in [0.2, 0.25) is 6.79 Å². The maximum absolute atomic E-state index is 12.5. The number of hydrogen-bond acceptors (Lipinski definition) is 4. The first-order valence-electron chi connectivity index (χ1n) is 9.48. The lowest BCUT2D eigenvalue weighted by molar-refractivity contribution is -0.885. The Hall–Kier alpha value is -3.06. The number of fused-ring (bicyclic) bond motifs is 1. The first-order valence-corrected chi connectivity index (χ1v) is 9.48. The maximum Gasteiger partial charge on any atom is 0.279 e. The zero-order valence-electron chi connectivity index (χ0n) is 15.8. The van der Waals surface area contributed by atoms with Gasteiger partial charge in [-0.15, -0.1) is 0 Å². The number of nitrogens with one attached hydrogen (secondary N) is 3. The van der Waals surface area contributed by atoms with Crippen molar-refractivity contribution in [2.24, 2.45) is 0 Å². The van der Waals surface area contributed by atoms with Crippen LogP contribution in [0.25, 0.3) is 0 Å². The fourth-order valence-corrected chi connectivity index (χ4v) is 3.21. The van der Waals surface area contributed by atoms with E-state index in [4.69, 9.17) is 9.47 Å². The summed E-state index contributed by atoms with van der Waals surface area (Å²) in [5.74, 6) is 1.22. The van der Waals surface area contributed by atoms with Crippen molar-refractivity contribution in [2.45, 2.75) is 25.4 Å². The van der Waals surface area contributed by atoms with Crippen LogP contribution in [0, 0.1) is 0 Å². The molecule has 1 heterocycles. The minimum Gasteiger partial charge on any atom is -0.454 e. The van der Waals surface area contributed by atoms with Crippen LogP contribution in [0.3, 0.4) is 0 Å². The highest BCUT2D eigenvalue weighted by Crippen LogP contribution is 2.32. The lowest BCUT2D eigenvalue weighted by Crippen LogP contribution is -3.08. The highest BCUT2D eigenvalue weighted by Gasteiger charge is 2.25. The number of rotatable bonds is 7. The number of anilines is 1. The molecule has 4 rings (SSSR count). The van der Waals surface area contributed by atoms with Gasteiger partial charge in [0.15, 0.2) is 18.0 Å². The van der Waals surface area contributed by atoms with E-state index >= 15 is 0 Å². The summed E-state index contributed by atoms with van der Waals surface area (Å²) in [5.41, 5.74) is 2.11. The maximum atomic E-state index is 12.5. The van der Waals surface area contributed by atoms with E-state index in [1.54, 1.807) is 18.2 Å². The van der Waals surface area contributed by atoms with Crippen molar-refractivity contribution in [1.29, 1.82) is 0 Å². The third-order valence-electron chi connectivity index (χ3n) is 4.76. The van der Waals surface area contributed by atoms with Crippen molar-refractivity contribution < 1.29 is 24.0 Å². The molecule has 1 fully saturated rings. The molecule has 1 aliphatic heterocycles. The van der Waals surface area contributed by atoms with Gasteiger partial charge in [-0.05, 0) is 43.2 Å². The van der Waals surface area contributed by atoms with Gasteiger partial charge < -0.3 is 25.0 Å². The molecule has 2 aliphatic rings. The molecule has 2 aromatic rings. The Balaban J connectivity index is 1.34. The number of amides is 2. The molecule has 2 amide bonds. The predicted octanol–water partition coefficient (Wildman–Crippen LogP) is 0.961. The molecular weight excluding hydrogens is 358 g/mol. The van der Waals surface area contributed by atoms with Crippen LogP contribution in [0.15, 0.2) is 42.5 Å². The summed E-state index contributed by atoms with van der Waals surface area (Å²) >= 11 is 0. The zero-order chi connectivity index (χ0) is 19.5. The van der Waals surface area contributed by atoms with Crippen LogP contribution in [-0.2, 0) is 11.3 Å². The summed E-state index contributed by atoms with van der Waals surface area (Å²) in [5, 5.41) is 5.84. The van der Waals surface area contributed by atoms with Gasteiger partial charge >= 0.3 is 0 Å². The number of para-hydroxylation sites is 1. The Morgan fingerprint density at radius 1 is 1.11 bits per heavy atom. The van der Waals surface area contributed by atoms with Crippen molar-refractivity contribution in [3.63, 3.8) is 0 Å². The highest BCUT2D eigenvalue weighted by molar-refractivity contribution is 6.04. The molecule has 1 aliphatic carbocycles. The first kappa shape index (κ1) is 18.3. The van der Waals surface area contributed by atoms with E-state index in [1.807, 2.05) is 31.3 Å². The van der Waals surface area contributed by atoms with Gasteiger partial charge in [-0.2, -0.15) is 0 Å². The molecule has 3 N–H and O–H groups in total. The number of carbonyl (C=O) groups is 2. The van der Waals surface area contributed by atoms with Crippen LogP contribution in [0.4, 0.5) is 5.69 Å². The van der Waals surface area contributed by atoms with Crippen LogP contribution >= 0.6 is 0 Å². The van der Waals surface area contributed by atoms with E-state index in [9.17, 15) is 9.59 Å². The number of hydrogen-bond donors (Lipinski definition) is 3. The van der Waals surface area contributed by atoms with E-state index in [2.05, 4.69) is 10.6 Å². The van der Waals surface area contributed by atoms with Crippen LogP contribution in [0.1, 0.15) is 28.8 Å². The van der Waals surface area contributed by atoms with Gasteiger partial charge in [0.1, 0.15) is 6.54 Å². The Labute approximate surface area is 163 Å². The Kier molecular flexibility index (Phi) is 5.16. The number of carbonyl (C=O) groups excluding carboxylic acids is 2. The van der Waals surface area contributed by atoms with Gasteiger partial charge in [0.05, 0.1) is 18.3 Å². The van der Waals surface area contributed by atoms with Crippen molar-refractivity contribution in [3.05, 3.63) is 53.6 Å². The lowest BCUT2D eigenvalue weighted by Gasteiger charge is -2.15. The molecule has 146 valence electrons. The third kappa shape index (κ3) is 4.43. The monoisotopic (exact) mass is 382 g/mol. The Morgan fingerprint density at radius 2 is 1.89 bits per heavy atom. The molecule has 0 spiro atoms. The van der Waals surface area contributed by atoms with Crippen molar-refractivity contribution in [2.75, 3.05) is 25.7 Å². The molecule has 0 aromatic heterocycles. The first-order chi connectivity index (χ1) is 13.6. The summed E-state index contributed by atoms with van der Waals surface area (Å²) in [4.78, 5) is 25.9. The zero-order valence-corrected chi connectivity index (χ0v) is 15.8. The van der Waals surface area contributed by atoms with Crippen molar-refractivity contribution >= 4 is 17.5 Å².